The number of anilines is 1. The number of morpholine rings is 1. The maximum atomic E-state index is 14.3. The largest absolute Gasteiger partial charge is 0.393 e. The average Bonchev–Trinajstić information content (AvgIpc) is 3.04. The Kier molecular flexibility index (Phi) is 18.1. The summed E-state index contributed by atoms with van der Waals surface area (Å²) < 4.78 is 5.44. The van der Waals surface area contributed by atoms with Crippen LogP contribution < -0.4 is 10.2 Å². The zero-order valence-electron chi connectivity index (χ0n) is 30.7. The minimum atomic E-state index is -0.858. The van der Waals surface area contributed by atoms with Gasteiger partial charge in [0.25, 0.3) is 0 Å². The van der Waals surface area contributed by atoms with Crippen LogP contribution in [0.15, 0.2) is 24.3 Å². The van der Waals surface area contributed by atoms with Crippen molar-refractivity contribution in [2.24, 2.45) is 11.8 Å². The van der Waals surface area contributed by atoms with Gasteiger partial charge in [-0.1, -0.05) is 38.8 Å². The van der Waals surface area contributed by atoms with Crippen LogP contribution in [0, 0.1) is 11.8 Å². The summed E-state index contributed by atoms with van der Waals surface area (Å²) in [5, 5.41) is 33.7. The van der Waals surface area contributed by atoms with Crippen LogP contribution in [0.4, 0.5) is 5.69 Å². The number of hydrogen-bond donors (Lipinski definition) is 4. The summed E-state index contributed by atoms with van der Waals surface area (Å²) in [5.74, 6) is -1.25. The molecule has 11 nitrogen and oxygen atoms in total. The van der Waals surface area contributed by atoms with Crippen LogP contribution in [-0.2, 0) is 25.5 Å². The van der Waals surface area contributed by atoms with Crippen LogP contribution in [0.25, 0.3) is 0 Å². The van der Waals surface area contributed by atoms with Gasteiger partial charge in [-0.3, -0.25) is 14.4 Å². The number of likely N-dealkylation sites (N-methyl/N-ethyl adjacent to an activating group) is 3. The number of benzene rings is 1. The van der Waals surface area contributed by atoms with Gasteiger partial charge < -0.3 is 40.1 Å². The molecule has 1 fully saturated rings. The van der Waals surface area contributed by atoms with Crippen molar-refractivity contribution in [1.29, 1.82) is 0 Å². The fraction of sp³-hybridized carbons (Fsp3) is 0.757. The third kappa shape index (κ3) is 13.0. The van der Waals surface area contributed by atoms with E-state index in [1.807, 2.05) is 13.8 Å². The normalized spacial score (nSPS) is 18.6. The van der Waals surface area contributed by atoms with Crippen molar-refractivity contribution in [2.45, 2.75) is 122 Å². The second-order valence-corrected chi connectivity index (χ2v) is 14.1. The third-order valence-electron chi connectivity index (χ3n) is 9.75. The molecule has 1 aromatic rings. The lowest BCUT2D eigenvalue weighted by atomic mass is 9.87. The molecule has 0 aliphatic carbocycles. The number of nitrogens with one attached hydrogen (secondary N) is 1. The van der Waals surface area contributed by atoms with E-state index in [2.05, 4.69) is 34.5 Å². The van der Waals surface area contributed by atoms with Crippen molar-refractivity contribution in [1.82, 2.24) is 15.1 Å². The van der Waals surface area contributed by atoms with Gasteiger partial charge in [-0.05, 0) is 89.5 Å². The van der Waals surface area contributed by atoms with Gasteiger partial charge in [0.05, 0.1) is 43.6 Å². The third-order valence-corrected chi connectivity index (χ3v) is 9.75. The van der Waals surface area contributed by atoms with E-state index in [-0.39, 0.29) is 35.9 Å². The predicted octanol–water partition coefficient (Wildman–Crippen LogP) is 3.02. The summed E-state index contributed by atoms with van der Waals surface area (Å²) in [6, 6.07) is 6.19. The Bertz CT molecular complexity index is 1110. The van der Waals surface area contributed by atoms with Gasteiger partial charge in [0.1, 0.15) is 6.04 Å². The molecule has 2 rings (SSSR count). The van der Waals surface area contributed by atoms with E-state index < -0.39 is 36.4 Å². The lowest BCUT2D eigenvalue weighted by molar-refractivity contribution is -0.151. The second-order valence-electron chi connectivity index (χ2n) is 14.1. The fourth-order valence-corrected chi connectivity index (χ4v) is 6.79. The number of ketones is 1. The number of rotatable bonds is 21. The topological polar surface area (TPSA) is 143 Å². The molecule has 3 unspecified atom stereocenters. The average molecular weight is 677 g/mol. The van der Waals surface area contributed by atoms with E-state index in [0.717, 1.165) is 37.6 Å². The Morgan fingerprint density at radius 1 is 0.792 bits per heavy atom. The predicted molar refractivity (Wildman–Crippen MR) is 190 cm³/mol. The summed E-state index contributed by atoms with van der Waals surface area (Å²) in [6.07, 6.45) is 2.29. The van der Waals surface area contributed by atoms with E-state index in [4.69, 9.17) is 4.74 Å². The van der Waals surface area contributed by atoms with E-state index >= 15 is 0 Å². The highest BCUT2D eigenvalue weighted by Gasteiger charge is 2.40. The molecule has 2 amide bonds. The van der Waals surface area contributed by atoms with Crippen LogP contribution in [0.1, 0.15) is 85.1 Å². The number of nitrogens with zero attached hydrogens (tertiary/aromatic N) is 3. The molecule has 274 valence electrons. The van der Waals surface area contributed by atoms with E-state index in [1.54, 1.807) is 41.9 Å². The quantitative estimate of drug-likeness (QED) is 0.155. The maximum absolute atomic E-state index is 14.3. The first-order valence-electron chi connectivity index (χ1n) is 17.9. The highest BCUT2D eigenvalue weighted by atomic mass is 16.5. The lowest BCUT2D eigenvalue weighted by Gasteiger charge is -2.39. The number of carbonyl (C=O) groups is 3. The zero-order valence-corrected chi connectivity index (χ0v) is 30.7. The maximum Gasteiger partial charge on any atom is 0.246 e. The van der Waals surface area contributed by atoms with Crippen molar-refractivity contribution in [3.8, 4) is 0 Å². The summed E-state index contributed by atoms with van der Waals surface area (Å²) in [7, 11) is 4.94. The van der Waals surface area contributed by atoms with Crippen LogP contribution in [0.2, 0.25) is 0 Å². The minimum Gasteiger partial charge on any atom is -0.393 e. The fourth-order valence-electron chi connectivity index (χ4n) is 6.79. The number of carbonyl (C=O) groups excluding carboxylic acids is 3. The first kappa shape index (κ1) is 41.6. The van der Waals surface area contributed by atoms with Crippen molar-refractivity contribution in [3.05, 3.63) is 29.8 Å². The molecule has 0 spiro atoms. The molecule has 8 atom stereocenters. The number of hydrogen-bond acceptors (Lipinski definition) is 9. The summed E-state index contributed by atoms with van der Waals surface area (Å²) in [5.41, 5.74) is 2.21. The summed E-state index contributed by atoms with van der Waals surface area (Å²) >= 11 is 0. The van der Waals surface area contributed by atoms with Crippen LogP contribution in [-0.4, -0.2) is 127 Å². The van der Waals surface area contributed by atoms with Crippen molar-refractivity contribution in [2.75, 3.05) is 52.3 Å². The minimum absolute atomic E-state index is 0.0874. The standard InChI is InChI=1S/C37H64N4O7/c1-25(12-10-14-32(44)24-30-15-17-31(18-16-30)41-19-21-48-22-20-41)34(33(45)23-28(4)43)39(7)37(47)35(26(2)11-9-13-27(3)42)40(8)36(46)29(5)38-6/h15-18,25-29,32,34-35,38,42-44H,9-14,19-24H2,1-8H3/t25-,26-,27?,28?,29-,32?,34-,35-/m0/s1. The Balaban J connectivity index is 2.13. The monoisotopic (exact) mass is 676 g/mol. The SMILES string of the molecule is CN[C@@H](C)C(=O)N(C)[C@H](C(=O)N(C)[C@H](C(=O)CC(C)O)[C@@H](C)CCCC(O)Cc1ccc(N2CCOCC2)cc1)[C@@H](C)CCCC(C)O. The van der Waals surface area contributed by atoms with Gasteiger partial charge in [0.2, 0.25) is 11.8 Å². The number of aliphatic hydroxyl groups excluding tert-OH is 3. The molecule has 4 N–H and O–H groups in total. The van der Waals surface area contributed by atoms with E-state index in [0.29, 0.717) is 44.9 Å². The molecule has 1 aromatic carbocycles. The Labute approximate surface area is 289 Å². The molecule has 1 saturated heterocycles. The second kappa shape index (κ2) is 20.8. The number of Topliss-reactive ketones (excluding diaryl/α,β-unsaturated/α-hetero) is 1. The van der Waals surface area contributed by atoms with Crippen molar-refractivity contribution >= 4 is 23.3 Å². The molecule has 0 bridgehead atoms. The zero-order chi connectivity index (χ0) is 36.0. The molecule has 0 aromatic heterocycles. The van der Waals surface area contributed by atoms with Crippen molar-refractivity contribution in [3.63, 3.8) is 0 Å². The van der Waals surface area contributed by atoms with Gasteiger partial charge in [-0.25, -0.2) is 0 Å². The van der Waals surface area contributed by atoms with Crippen LogP contribution in [0.3, 0.4) is 0 Å². The smallest absolute Gasteiger partial charge is 0.246 e. The molecule has 11 heteroatoms. The van der Waals surface area contributed by atoms with Gasteiger partial charge in [0, 0.05) is 39.3 Å². The molecule has 1 heterocycles. The van der Waals surface area contributed by atoms with E-state index in [9.17, 15) is 29.7 Å². The lowest BCUT2D eigenvalue weighted by Crippen LogP contribution is -2.58. The Morgan fingerprint density at radius 2 is 1.33 bits per heavy atom. The van der Waals surface area contributed by atoms with E-state index in [1.165, 1.54) is 9.80 Å². The van der Waals surface area contributed by atoms with Gasteiger partial charge in [-0.2, -0.15) is 0 Å². The Morgan fingerprint density at radius 3 is 1.88 bits per heavy atom. The first-order chi connectivity index (χ1) is 22.7. The number of amides is 2. The highest BCUT2D eigenvalue weighted by molar-refractivity contribution is 5.94. The molecule has 48 heavy (non-hydrogen) atoms. The van der Waals surface area contributed by atoms with Crippen LogP contribution in [0.5, 0.6) is 0 Å². The van der Waals surface area contributed by atoms with Crippen LogP contribution >= 0.6 is 0 Å². The highest BCUT2D eigenvalue weighted by Crippen LogP contribution is 2.26. The first-order valence-corrected chi connectivity index (χ1v) is 17.9. The molecule has 1 aliphatic rings. The Hall–Kier alpha value is -2.57. The van der Waals surface area contributed by atoms with Gasteiger partial charge in [-0.15, -0.1) is 0 Å². The molecule has 0 saturated carbocycles. The summed E-state index contributed by atoms with van der Waals surface area (Å²) in [4.78, 5) is 46.4. The summed E-state index contributed by atoms with van der Waals surface area (Å²) in [6.45, 7) is 12.1. The van der Waals surface area contributed by atoms with Crippen molar-refractivity contribution < 1.29 is 34.4 Å². The van der Waals surface area contributed by atoms with Gasteiger partial charge in [0.15, 0.2) is 5.78 Å². The molecule has 0 radical (unpaired) electrons. The number of ether oxygens (including phenoxy) is 1. The molecule has 1 aliphatic heterocycles. The van der Waals surface area contributed by atoms with Gasteiger partial charge >= 0.3 is 0 Å². The molecular formula is C37H64N4O7. The number of aliphatic hydroxyl groups is 3. The molecular weight excluding hydrogens is 612 g/mol.